The standard InChI is InChI=1S/C14H17NO4S3/c1-10(20)8-14-15(6-3-7-22(16,17)18)12-9-11(19-2)4-5-13(12)21-14/h4-5,8-9H,3,6-7H2,1-2H3,(H,16,17,18)/p-1/b14-8-. The summed E-state index contributed by atoms with van der Waals surface area (Å²) in [6.45, 7) is 2.26. The van der Waals surface area contributed by atoms with E-state index in [0.717, 1.165) is 26.2 Å². The van der Waals surface area contributed by atoms with E-state index in [1.165, 1.54) is 0 Å². The van der Waals surface area contributed by atoms with Gasteiger partial charge in [-0.1, -0.05) is 24.0 Å². The van der Waals surface area contributed by atoms with Gasteiger partial charge in [-0.15, -0.1) is 0 Å². The maximum absolute atomic E-state index is 10.8. The van der Waals surface area contributed by atoms with Gasteiger partial charge >= 0.3 is 0 Å². The van der Waals surface area contributed by atoms with Crippen LogP contribution in [0.5, 0.6) is 5.75 Å². The molecule has 1 heterocycles. The van der Waals surface area contributed by atoms with Crippen LogP contribution in [0.4, 0.5) is 5.69 Å². The number of nitrogens with zero attached hydrogens (tertiary/aromatic N) is 1. The Kier molecular flexibility index (Phi) is 5.49. The van der Waals surface area contributed by atoms with E-state index in [1.54, 1.807) is 18.9 Å². The molecule has 22 heavy (non-hydrogen) atoms. The van der Waals surface area contributed by atoms with Gasteiger partial charge in [-0.2, -0.15) is 0 Å². The summed E-state index contributed by atoms with van der Waals surface area (Å²) in [6, 6.07) is 5.72. The van der Waals surface area contributed by atoms with Crippen LogP contribution in [-0.2, 0) is 10.1 Å². The Balaban J connectivity index is 2.27. The molecule has 0 saturated carbocycles. The summed E-state index contributed by atoms with van der Waals surface area (Å²) in [5.41, 5.74) is 0.940. The van der Waals surface area contributed by atoms with Crippen molar-refractivity contribution in [1.29, 1.82) is 0 Å². The Morgan fingerprint density at radius 2 is 2.23 bits per heavy atom. The molecule has 2 rings (SSSR count). The molecule has 0 aromatic heterocycles. The molecule has 0 aliphatic carbocycles. The lowest BCUT2D eigenvalue weighted by Crippen LogP contribution is -2.22. The van der Waals surface area contributed by atoms with Crippen molar-refractivity contribution in [3.63, 3.8) is 0 Å². The van der Waals surface area contributed by atoms with E-state index in [-0.39, 0.29) is 12.2 Å². The molecular weight excluding hydrogens is 342 g/mol. The number of benzene rings is 1. The second kappa shape index (κ2) is 6.99. The van der Waals surface area contributed by atoms with E-state index in [4.69, 9.17) is 17.0 Å². The van der Waals surface area contributed by atoms with Gasteiger partial charge in [0.05, 0.1) is 27.9 Å². The zero-order valence-corrected chi connectivity index (χ0v) is 14.7. The minimum Gasteiger partial charge on any atom is -0.748 e. The Bertz CT molecular complexity index is 713. The van der Waals surface area contributed by atoms with Crippen molar-refractivity contribution in [2.24, 2.45) is 0 Å². The molecule has 0 saturated heterocycles. The van der Waals surface area contributed by atoms with Gasteiger partial charge < -0.3 is 14.2 Å². The molecule has 1 aromatic carbocycles. The van der Waals surface area contributed by atoms with Crippen LogP contribution in [0.3, 0.4) is 0 Å². The van der Waals surface area contributed by atoms with Crippen LogP contribution in [0.15, 0.2) is 34.2 Å². The van der Waals surface area contributed by atoms with Gasteiger partial charge in [0.15, 0.2) is 0 Å². The summed E-state index contributed by atoms with van der Waals surface area (Å²) < 4.78 is 37.6. The summed E-state index contributed by atoms with van der Waals surface area (Å²) in [5.74, 6) is 0.346. The molecule has 0 amide bonds. The number of thiocarbonyl (C=S) groups is 1. The van der Waals surface area contributed by atoms with Crippen LogP contribution in [0.25, 0.3) is 0 Å². The van der Waals surface area contributed by atoms with Crippen LogP contribution in [0.1, 0.15) is 13.3 Å². The largest absolute Gasteiger partial charge is 0.748 e. The minimum absolute atomic E-state index is 0.261. The number of fused-ring (bicyclic) bond motifs is 1. The number of rotatable bonds is 6. The highest BCUT2D eigenvalue weighted by Crippen LogP contribution is 2.47. The second-order valence-electron chi connectivity index (χ2n) is 4.80. The highest BCUT2D eigenvalue weighted by molar-refractivity contribution is 8.03. The average Bonchev–Trinajstić information content (AvgIpc) is 2.73. The van der Waals surface area contributed by atoms with Gasteiger partial charge in [-0.05, 0) is 31.6 Å². The number of hydrogen-bond donors (Lipinski definition) is 0. The van der Waals surface area contributed by atoms with Gasteiger partial charge in [-0.3, -0.25) is 0 Å². The van der Waals surface area contributed by atoms with E-state index in [2.05, 4.69) is 0 Å². The van der Waals surface area contributed by atoms with Gasteiger partial charge in [0.1, 0.15) is 5.75 Å². The van der Waals surface area contributed by atoms with Crippen molar-refractivity contribution in [1.82, 2.24) is 0 Å². The fourth-order valence-electron chi connectivity index (χ4n) is 2.12. The van der Waals surface area contributed by atoms with E-state index in [0.29, 0.717) is 6.54 Å². The van der Waals surface area contributed by atoms with Gasteiger partial charge in [-0.25, -0.2) is 8.42 Å². The van der Waals surface area contributed by atoms with Crippen LogP contribution in [-0.4, -0.2) is 37.2 Å². The number of anilines is 1. The third-order valence-corrected chi connectivity index (χ3v) is 5.06. The second-order valence-corrected chi connectivity index (χ2v) is 8.03. The van der Waals surface area contributed by atoms with Crippen molar-refractivity contribution in [2.75, 3.05) is 24.3 Å². The van der Waals surface area contributed by atoms with Crippen LogP contribution in [0.2, 0.25) is 0 Å². The van der Waals surface area contributed by atoms with Crippen molar-refractivity contribution in [3.05, 3.63) is 29.3 Å². The number of thioether (sulfide) groups is 1. The molecule has 0 spiro atoms. The first-order valence-electron chi connectivity index (χ1n) is 6.59. The van der Waals surface area contributed by atoms with Crippen molar-refractivity contribution in [2.45, 2.75) is 18.2 Å². The molecule has 1 aromatic rings. The SMILES string of the molecule is COc1ccc2c(c1)N(CCCS(=O)(=O)[O-])/C(=C/C(C)=S)S2. The van der Waals surface area contributed by atoms with Crippen LogP contribution < -0.4 is 9.64 Å². The molecular formula is C14H16NO4S3-. The molecule has 1 aliphatic heterocycles. The predicted octanol–water partition coefficient (Wildman–Crippen LogP) is 2.77. The number of ether oxygens (including phenoxy) is 1. The number of methoxy groups -OCH3 is 1. The third kappa shape index (κ3) is 4.45. The zero-order valence-electron chi connectivity index (χ0n) is 12.2. The summed E-state index contributed by atoms with van der Waals surface area (Å²) in [5, 5.41) is 0.930. The molecule has 0 N–H and O–H groups in total. The van der Waals surface area contributed by atoms with Crippen LogP contribution >= 0.6 is 24.0 Å². The predicted molar refractivity (Wildman–Crippen MR) is 91.7 cm³/mol. The quantitative estimate of drug-likeness (QED) is 0.440. The molecule has 0 bridgehead atoms. The normalized spacial score (nSPS) is 16.0. The maximum Gasteiger partial charge on any atom is 0.121 e. The lowest BCUT2D eigenvalue weighted by atomic mass is 10.2. The molecule has 120 valence electrons. The third-order valence-electron chi connectivity index (χ3n) is 3.04. The maximum atomic E-state index is 10.8. The molecule has 0 atom stereocenters. The summed E-state index contributed by atoms with van der Waals surface area (Å²) in [7, 11) is -2.61. The van der Waals surface area contributed by atoms with E-state index in [9.17, 15) is 13.0 Å². The summed E-state index contributed by atoms with van der Waals surface area (Å²) in [6.07, 6.45) is 2.13. The first kappa shape index (κ1) is 17.3. The Labute approximate surface area is 140 Å². The van der Waals surface area contributed by atoms with Crippen molar-refractivity contribution < 1.29 is 17.7 Å². The van der Waals surface area contributed by atoms with E-state index >= 15 is 0 Å². The molecule has 0 fully saturated rings. The highest BCUT2D eigenvalue weighted by atomic mass is 32.2. The van der Waals surface area contributed by atoms with Crippen molar-refractivity contribution >= 4 is 44.6 Å². The van der Waals surface area contributed by atoms with Crippen molar-refractivity contribution in [3.8, 4) is 5.75 Å². The molecule has 1 aliphatic rings. The molecule has 0 unspecified atom stereocenters. The number of hydrogen-bond acceptors (Lipinski definition) is 7. The summed E-state index contributed by atoms with van der Waals surface area (Å²) >= 11 is 6.70. The summed E-state index contributed by atoms with van der Waals surface area (Å²) in [4.78, 5) is 3.76. The van der Waals surface area contributed by atoms with Crippen LogP contribution in [0, 0.1) is 0 Å². The monoisotopic (exact) mass is 358 g/mol. The van der Waals surface area contributed by atoms with E-state index in [1.807, 2.05) is 36.1 Å². The van der Waals surface area contributed by atoms with Gasteiger partial charge in [0.2, 0.25) is 0 Å². The molecule has 8 heteroatoms. The average molecular weight is 358 g/mol. The number of allylic oxidation sites excluding steroid dienone is 1. The first-order valence-corrected chi connectivity index (χ1v) is 9.39. The Morgan fingerprint density at radius 1 is 1.50 bits per heavy atom. The molecule has 0 radical (unpaired) electrons. The topological polar surface area (TPSA) is 69.7 Å². The smallest absolute Gasteiger partial charge is 0.121 e. The lowest BCUT2D eigenvalue weighted by Gasteiger charge is -2.21. The highest BCUT2D eigenvalue weighted by Gasteiger charge is 2.25. The van der Waals surface area contributed by atoms with E-state index < -0.39 is 10.1 Å². The minimum atomic E-state index is -4.20. The first-order chi connectivity index (χ1) is 10.3. The van der Waals surface area contributed by atoms with Gasteiger partial charge in [0.25, 0.3) is 0 Å². The fourth-order valence-corrected chi connectivity index (χ4v) is 3.96. The fraction of sp³-hybridized carbons (Fsp3) is 0.357. The van der Waals surface area contributed by atoms with Gasteiger partial charge in [0, 0.05) is 28.1 Å². The Hall–Kier alpha value is -1.09. The zero-order chi connectivity index (χ0) is 16.3. The molecule has 5 nitrogen and oxygen atoms in total. The Morgan fingerprint density at radius 3 is 2.82 bits per heavy atom. The lowest BCUT2D eigenvalue weighted by molar-refractivity contribution is 0.414.